The molecule has 8 aromatic rings. The number of amides is 15. The van der Waals surface area contributed by atoms with Gasteiger partial charge in [-0.1, -0.05) is 18.2 Å². The average molecular weight is 1670 g/mol. The van der Waals surface area contributed by atoms with Gasteiger partial charge < -0.3 is 52.4 Å². The van der Waals surface area contributed by atoms with Gasteiger partial charge in [0.15, 0.2) is 36.6 Å². The highest BCUT2D eigenvalue weighted by molar-refractivity contribution is 6.04. The molecule has 122 heavy (non-hydrogen) atoms. The van der Waals surface area contributed by atoms with Crippen molar-refractivity contribution in [1.29, 1.82) is 0 Å². The first-order valence-corrected chi connectivity index (χ1v) is 39.2. The van der Waals surface area contributed by atoms with Gasteiger partial charge in [-0.2, -0.15) is 10.2 Å². The highest BCUT2D eigenvalue weighted by atomic mass is 16.6. The molecule has 15 amide bonds. The molecule has 6 saturated heterocycles. The van der Waals surface area contributed by atoms with Crippen molar-refractivity contribution in [3.8, 4) is 34.6 Å². The highest BCUT2D eigenvalue weighted by Crippen LogP contribution is 2.34. The lowest BCUT2D eigenvalue weighted by Gasteiger charge is -2.23. The lowest BCUT2D eigenvalue weighted by Crippen LogP contribution is -2.46. The Morgan fingerprint density at radius 2 is 0.902 bits per heavy atom. The molecule has 2 aromatic carbocycles. The fourth-order valence-corrected chi connectivity index (χ4v) is 14.0. The van der Waals surface area contributed by atoms with Gasteiger partial charge in [0.25, 0.3) is 47.3 Å². The number of carbonyl (C=O) groups is 15. The van der Waals surface area contributed by atoms with Crippen LogP contribution >= 0.6 is 0 Å². The zero-order valence-electron chi connectivity index (χ0n) is 67.5. The van der Waals surface area contributed by atoms with Gasteiger partial charge in [-0.05, 0) is 80.8 Å². The molecule has 16 heterocycles. The minimum atomic E-state index is -0.743. The first-order valence-electron chi connectivity index (χ1n) is 39.2. The summed E-state index contributed by atoms with van der Waals surface area (Å²) in [6, 6.07) is 22.0. The van der Waals surface area contributed by atoms with Crippen LogP contribution in [0, 0.1) is 0 Å². The maximum atomic E-state index is 12.2. The predicted octanol–water partition coefficient (Wildman–Crippen LogP) is 3.65. The average Bonchev–Trinajstić information content (AvgIpc) is 1.60. The molecule has 6 fully saturated rings. The molecular formula is C83H87N17O22. The molecule has 0 aliphatic carbocycles. The Morgan fingerprint density at radius 3 is 1.45 bits per heavy atom. The number of aromatic nitrogens is 7. The molecule has 636 valence electrons. The number of piperidine rings is 6. The Morgan fingerprint density at radius 1 is 0.418 bits per heavy atom. The van der Waals surface area contributed by atoms with Crippen molar-refractivity contribution in [3.05, 3.63) is 149 Å². The quantitative estimate of drug-likeness (QED) is 0.0950. The number of carbonyl (C=O) groups excluding carboxylic acids is 15. The number of nitrogens with one attached hydrogen (secondary N) is 6. The van der Waals surface area contributed by atoms with Crippen LogP contribution in [-0.2, 0) is 102 Å². The van der Waals surface area contributed by atoms with Crippen LogP contribution in [0.5, 0.6) is 34.6 Å². The number of pyridine rings is 4. The Kier molecular flexibility index (Phi) is 26.1. The van der Waals surface area contributed by atoms with Crippen LogP contribution in [0.15, 0.2) is 110 Å². The molecule has 6 aromatic heterocycles. The first kappa shape index (κ1) is 85.5. The number of rotatable bonds is 12. The Bertz CT molecular complexity index is 5420. The molecule has 0 bridgehead atoms. The van der Waals surface area contributed by atoms with Crippen molar-refractivity contribution in [2.75, 3.05) is 32.6 Å². The molecule has 6 atom stereocenters. The third kappa shape index (κ3) is 21.3. The minimum Gasteiger partial charge on any atom is -0.481 e. The van der Waals surface area contributed by atoms with E-state index in [1.165, 1.54) is 24.2 Å². The summed E-state index contributed by atoms with van der Waals surface area (Å²) >= 11 is 0. The fraction of sp³-hybridized carbons (Fsp3) is 0.386. The topological polar surface area (TPSA) is 488 Å². The number of ether oxygens (including phenoxy) is 7. The molecule has 18 rings (SSSR count). The van der Waals surface area contributed by atoms with E-state index in [2.05, 4.69) is 66.9 Å². The van der Waals surface area contributed by atoms with Crippen molar-refractivity contribution in [2.45, 2.75) is 173 Å². The van der Waals surface area contributed by atoms with E-state index in [1.54, 1.807) is 59.4 Å². The molecule has 39 heteroatoms. The number of hydrogen-bond acceptors (Lipinski definition) is 29. The molecule has 10 aliphatic rings. The van der Waals surface area contributed by atoms with Gasteiger partial charge in [0.1, 0.15) is 40.0 Å². The monoisotopic (exact) mass is 1670 g/mol. The smallest absolute Gasteiger partial charge is 0.410 e. The van der Waals surface area contributed by atoms with E-state index >= 15 is 0 Å². The van der Waals surface area contributed by atoms with Crippen LogP contribution in [0.3, 0.4) is 0 Å². The maximum absolute atomic E-state index is 12.2. The third-order valence-corrected chi connectivity index (χ3v) is 20.4. The van der Waals surface area contributed by atoms with E-state index in [4.69, 9.17) is 33.2 Å². The number of benzene rings is 2. The summed E-state index contributed by atoms with van der Waals surface area (Å²) in [5.41, 5.74) is 7.69. The van der Waals surface area contributed by atoms with Gasteiger partial charge in [0, 0.05) is 165 Å². The van der Waals surface area contributed by atoms with E-state index in [-0.39, 0.29) is 90.6 Å². The number of aryl methyl sites for hydroxylation is 1. The van der Waals surface area contributed by atoms with Gasteiger partial charge in [-0.3, -0.25) is 114 Å². The van der Waals surface area contributed by atoms with Gasteiger partial charge in [-0.25, -0.2) is 14.8 Å². The Labute approximate surface area is 695 Å². The molecule has 0 radical (unpaired) electrons. The molecule has 0 spiro atoms. The summed E-state index contributed by atoms with van der Waals surface area (Å²) in [5.74, 6) is -1.55. The normalized spacial score (nSPS) is 20.7. The Hall–Kier alpha value is -14.4. The zero-order chi connectivity index (χ0) is 86.8. The first-order chi connectivity index (χ1) is 58.3. The van der Waals surface area contributed by atoms with Gasteiger partial charge >= 0.3 is 6.09 Å². The van der Waals surface area contributed by atoms with Gasteiger partial charge in [-0.15, -0.1) is 0 Å². The van der Waals surface area contributed by atoms with E-state index < -0.39 is 71.9 Å². The number of hydrogen-bond donors (Lipinski definition) is 6. The van der Waals surface area contributed by atoms with Gasteiger partial charge in [0.2, 0.25) is 41.3 Å². The molecular weight excluding hydrogens is 1590 g/mol. The molecule has 39 nitrogen and oxygen atoms in total. The van der Waals surface area contributed by atoms with E-state index in [0.29, 0.717) is 129 Å². The third-order valence-electron chi connectivity index (χ3n) is 20.4. The standard InChI is InChI=1S/C17H21N3O5.C14H16N2O3.2C13H13N3O4.C13H13N3O3.C13H11N3O3/c1-17(2,3)25-16(23)20-8-10-6-11(7-18-12(10)9-20)24-13-4-5-14(21)19-15(13)22;1-16-7-6-9-2-3-10(8-11(9)16)19-12-4-5-13(17)15-14(12)18;1-16-6-7-5-14-11(4-8(7)13(16)19)20-9-2-3-10(17)15-12(9)18;1-16-6-9-8(13(16)19)4-7(5-14-9)20-10-2-3-11(17)15-12(10)18;1-16-5-4-8-6-9(7-14-12(8)16)19-10-2-3-11(17)15-13(10)18;17-12-6-5-10(13(18)15-12)19-11-7-14-16-9-4-2-1-3-8(9)11/h6-7,13H,4-5,8-9H2,1-3H3,(H,19,21,22);2-3,8,12H,4-7H2,1H3,(H,15,17,18);4-5,9H,2-3,6H2,1H3,(H,15,17,18);4-5,10H,2-3,6H2,1H3,(H,15,17,18);4-7,10H,2-3H2,1H3,(H,15,17,18);1-4,7,10H,5-6H2,(H,15,17,18). The Balaban J connectivity index is 0.000000126. The predicted molar refractivity (Wildman–Crippen MR) is 424 cm³/mol. The SMILES string of the molecule is CC(C)(C)OC(=O)N1Cc2cc(OC3CCC(=O)NC3=O)cnc2C1.CN1CCc2ccc(OC3CCC(=O)NC3=O)cc21.CN1Cc2cnc(OC3CCC(=O)NC3=O)cc2C1=O.CN1Cc2ncc(OC3CCC(=O)NC3=O)cc2C1=O.Cn1ccc2cc(OC3CCC(=O)NC3=O)cnc21.O=C1CCC(Oc2cnnc3ccccc23)C(=O)N1. The summed E-state index contributed by atoms with van der Waals surface area (Å²) < 4.78 is 40.9. The molecule has 10 aliphatic heterocycles. The van der Waals surface area contributed by atoms with Crippen molar-refractivity contribution < 1.29 is 105 Å². The fourth-order valence-electron chi connectivity index (χ4n) is 14.0. The second-order valence-electron chi connectivity index (χ2n) is 30.8. The molecule has 6 unspecified atom stereocenters. The van der Waals surface area contributed by atoms with Crippen LogP contribution in [0.4, 0.5) is 10.5 Å². The number of likely N-dealkylation sites (N-methyl/N-ethyl adjacent to an activating group) is 1. The second-order valence-corrected chi connectivity index (χ2v) is 30.8. The van der Waals surface area contributed by atoms with Crippen molar-refractivity contribution >= 4 is 116 Å². The summed E-state index contributed by atoms with van der Waals surface area (Å²) in [7, 11) is 7.37. The minimum absolute atomic E-state index is 0.0875. The van der Waals surface area contributed by atoms with E-state index in [0.717, 1.165) is 51.9 Å². The van der Waals surface area contributed by atoms with Crippen LogP contribution in [0.2, 0.25) is 0 Å². The second kappa shape index (κ2) is 37.2. The zero-order valence-corrected chi connectivity index (χ0v) is 67.5. The molecule has 0 saturated carbocycles. The lowest BCUT2D eigenvalue weighted by molar-refractivity contribution is -0.140. The van der Waals surface area contributed by atoms with Gasteiger partial charge in [0.05, 0.1) is 72.5 Å². The lowest BCUT2D eigenvalue weighted by atomic mass is 10.1. The summed E-state index contributed by atoms with van der Waals surface area (Å²) in [6.45, 7) is 8.23. The van der Waals surface area contributed by atoms with Crippen molar-refractivity contribution in [3.63, 3.8) is 0 Å². The summed E-state index contributed by atoms with van der Waals surface area (Å²) in [6.07, 6.45) is 10.1. The summed E-state index contributed by atoms with van der Waals surface area (Å²) in [4.78, 5) is 196. The van der Waals surface area contributed by atoms with Crippen LogP contribution < -0.4 is 65.2 Å². The van der Waals surface area contributed by atoms with Crippen LogP contribution in [0.1, 0.15) is 147 Å². The number of anilines is 1. The number of imide groups is 6. The van der Waals surface area contributed by atoms with Crippen LogP contribution in [0.25, 0.3) is 21.9 Å². The van der Waals surface area contributed by atoms with E-state index in [1.807, 2.05) is 100 Å². The largest absolute Gasteiger partial charge is 0.481 e. The number of fused-ring (bicyclic) bond motifs is 6. The number of nitrogens with zero attached hydrogens (tertiary/aromatic N) is 11. The van der Waals surface area contributed by atoms with Crippen molar-refractivity contribution in [2.24, 2.45) is 7.05 Å². The molecule has 6 N–H and O–H groups in total. The summed E-state index contributed by atoms with van der Waals surface area (Å²) in [5, 5.41) is 23.1. The van der Waals surface area contributed by atoms with Crippen LogP contribution in [-0.4, -0.2) is 208 Å². The van der Waals surface area contributed by atoms with Crippen molar-refractivity contribution in [1.82, 2.24) is 81.3 Å². The highest BCUT2D eigenvalue weighted by Gasteiger charge is 2.37. The maximum Gasteiger partial charge on any atom is 0.410 e. The van der Waals surface area contributed by atoms with E-state index in [9.17, 15) is 71.9 Å².